The molecule has 0 fully saturated rings. The molecule has 1 atom stereocenters. The first kappa shape index (κ1) is 14.3. The topological polar surface area (TPSA) is 73.2 Å². The van der Waals surface area contributed by atoms with Crippen LogP contribution in [0.25, 0.3) is 11.0 Å². The van der Waals surface area contributed by atoms with E-state index in [9.17, 15) is 9.00 Å². The number of benzene rings is 2. The number of fused-ring (bicyclic) bond motifs is 1. The molecule has 0 aliphatic carbocycles. The van der Waals surface area contributed by atoms with Gasteiger partial charge in [-0.05, 0) is 30.3 Å². The van der Waals surface area contributed by atoms with Crippen molar-refractivity contribution in [2.75, 3.05) is 7.05 Å². The molecule has 2 aromatic carbocycles. The van der Waals surface area contributed by atoms with Crippen LogP contribution in [-0.2, 0) is 10.8 Å². The lowest BCUT2D eigenvalue weighted by molar-refractivity contribution is 0.140. The average Bonchev–Trinajstić information content (AvgIpc) is 2.97. The van der Waals surface area contributed by atoms with E-state index in [1.807, 2.05) is 30.3 Å². The molecule has 0 saturated carbocycles. The highest BCUT2D eigenvalue weighted by molar-refractivity contribution is 7.85. The van der Waals surface area contributed by atoms with Crippen LogP contribution >= 0.6 is 0 Å². The van der Waals surface area contributed by atoms with Gasteiger partial charge in [-0.2, -0.15) is 4.73 Å². The molecular weight excluding hydrogens is 302 g/mol. The van der Waals surface area contributed by atoms with Crippen molar-refractivity contribution in [2.24, 2.45) is 0 Å². The normalized spacial score (nSPS) is 12.0. The zero-order valence-electron chi connectivity index (χ0n) is 11.7. The molecule has 3 aromatic rings. The predicted octanol–water partition coefficient (Wildman–Crippen LogP) is 1.97. The summed E-state index contributed by atoms with van der Waals surface area (Å²) in [6.07, 6.45) is 0.811. The summed E-state index contributed by atoms with van der Waals surface area (Å²) in [6, 6.07) is 14.4. The zero-order valence-corrected chi connectivity index (χ0v) is 12.5. The monoisotopic (exact) mass is 315 g/mol. The van der Waals surface area contributed by atoms with E-state index in [4.69, 9.17) is 4.84 Å². The van der Waals surface area contributed by atoms with Gasteiger partial charge in [0, 0.05) is 16.8 Å². The lowest BCUT2D eigenvalue weighted by atomic mass is 10.3. The number of aromatic nitrogens is 2. The summed E-state index contributed by atoms with van der Waals surface area (Å²) < 4.78 is 13.8. The van der Waals surface area contributed by atoms with E-state index >= 15 is 0 Å². The molecule has 1 heterocycles. The summed E-state index contributed by atoms with van der Waals surface area (Å²) in [5.41, 5.74) is 1.23. The molecule has 112 valence electrons. The Morgan fingerprint density at radius 2 is 1.95 bits per heavy atom. The second-order valence-electron chi connectivity index (χ2n) is 4.43. The summed E-state index contributed by atoms with van der Waals surface area (Å²) in [7, 11) is 0.200. The summed E-state index contributed by atoms with van der Waals surface area (Å²) >= 11 is 0. The van der Waals surface area contributed by atoms with Crippen LogP contribution in [0.15, 0.2) is 64.6 Å². The first-order chi connectivity index (χ1) is 10.7. The Balaban J connectivity index is 1.94. The van der Waals surface area contributed by atoms with E-state index < -0.39 is 16.9 Å². The highest BCUT2D eigenvalue weighted by Crippen LogP contribution is 2.20. The van der Waals surface area contributed by atoms with Crippen molar-refractivity contribution in [3.8, 4) is 0 Å². The lowest BCUT2D eigenvalue weighted by Crippen LogP contribution is -2.28. The van der Waals surface area contributed by atoms with Gasteiger partial charge in [0.1, 0.15) is 11.8 Å². The zero-order chi connectivity index (χ0) is 15.5. The Bertz CT molecular complexity index is 846. The minimum atomic E-state index is -1.28. The van der Waals surface area contributed by atoms with Crippen molar-refractivity contribution in [1.29, 1.82) is 0 Å². The molecule has 22 heavy (non-hydrogen) atoms. The molecule has 0 radical (unpaired) electrons. The molecule has 0 bridgehead atoms. The maximum absolute atomic E-state index is 12.5. The van der Waals surface area contributed by atoms with Crippen molar-refractivity contribution in [1.82, 2.24) is 15.0 Å². The third kappa shape index (κ3) is 2.71. The van der Waals surface area contributed by atoms with Gasteiger partial charge in [-0.1, -0.05) is 18.2 Å². The summed E-state index contributed by atoms with van der Waals surface area (Å²) in [5, 5.41) is 2.36. The van der Waals surface area contributed by atoms with E-state index in [1.54, 1.807) is 18.2 Å². The Morgan fingerprint density at radius 3 is 2.68 bits per heavy atom. The van der Waals surface area contributed by atoms with E-state index in [0.717, 1.165) is 4.90 Å². The number of hydrogen-bond donors (Lipinski definition) is 1. The fourth-order valence-electron chi connectivity index (χ4n) is 1.97. The van der Waals surface area contributed by atoms with E-state index in [2.05, 4.69) is 10.3 Å². The second kappa shape index (κ2) is 5.98. The molecular formula is C15H13N3O3S. The number of hydrogen-bond acceptors (Lipinski definition) is 4. The van der Waals surface area contributed by atoms with E-state index in [1.165, 1.54) is 18.1 Å². The van der Waals surface area contributed by atoms with Crippen LogP contribution in [0.3, 0.4) is 0 Å². The molecule has 6 nitrogen and oxygen atoms in total. The number of nitrogens with one attached hydrogen (secondary N) is 1. The largest absolute Gasteiger partial charge is 0.431 e. The molecule has 0 spiro atoms. The molecule has 0 aliphatic heterocycles. The molecule has 0 aliphatic rings. The van der Waals surface area contributed by atoms with Gasteiger partial charge in [-0.3, -0.25) is 0 Å². The Hall–Kier alpha value is -2.67. The van der Waals surface area contributed by atoms with Crippen molar-refractivity contribution >= 4 is 27.9 Å². The highest BCUT2D eigenvalue weighted by Gasteiger charge is 2.11. The number of rotatable bonds is 3. The fourth-order valence-corrected chi connectivity index (χ4v) is 3.06. The van der Waals surface area contributed by atoms with Crippen LogP contribution in [0.2, 0.25) is 0 Å². The standard InChI is InChI=1S/C15H13N3O3S/c1-16-15(19)21-18-10-17-13-9-12(7-8-14(13)18)22(20)11-5-3-2-4-6-11/h2-10H,1H3,(H,16,19). The van der Waals surface area contributed by atoms with E-state index in [-0.39, 0.29) is 0 Å². The smallest absolute Gasteiger partial charge is 0.323 e. The third-order valence-corrected chi connectivity index (χ3v) is 4.43. The minimum absolute atomic E-state index is 0.587. The quantitative estimate of drug-likeness (QED) is 0.802. The van der Waals surface area contributed by atoms with Crippen LogP contribution in [-0.4, -0.2) is 27.1 Å². The maximum atomic E-state index is 12.5. The molecule has 1 amide bonds. The Labute approximate surface area is 129 Å². The minimum Gasteiger partial charge on any atom is -0.323 e. The predicted molar refractivity (Wildman–Crippen MR) is 81.9 cm³/mol. The number of imidazole rings is 1. The molecule has 7 heteroatoms. The first-order valence-electron chi connectivity index (χ1n) is 6.53. The first-order valence-corrected chi connectivity index (χ1v) is 7.68. The SMILES string of the molecule is CNC(=O)On1cnc2cc(S(=O)c3ccccc3)ccc21. The van der Waals surface area contributed by atoms with Gasteiger partial charge < -0.3 is 10.2 Å². The Morgan fingerprint density at radius 1 is 1.18 bits per heavy atom. The van der Waals surface area contributed by atoms with Gasteiger partial charge in [-0.25, -0.2) is 14.0 Å². The number of amides is 1. The van der Waals surface area contributed by atoms with Gasteiger partial charge in [0.15, 0.2) is 0 Å². The van der Waals surface area contributed by atoms with Gasteiger partial charge in [0.2, 0.25) is 0 Å². The van der Waals surface area contributed by atoms with Crippen LogP contribution in [0.5, 0.6) is 0 Å². The van der Waals surface area contributed by atoms with Crippen molar-refractivity contribution < 1.29 is 13.8 Å². The van der Waals surface area contributed by atoms with Crippen molar-refractivity contribution in [3.05, 3.63) is 54.9 Å². The third-order valence-electron chi connectivity index (χ3n) is 3.04. The van der Waals surface area contributed by atoms with Gasteiger partial charge in [-0.15, -0.1) is 0 Å². The van der Waals surface area contributed by atoms with Crippen LogP contribution < -0.4 is 10.2 Å². The van der Waals surface area contributed by atoms with Crippen LogP contribution in [0.4, 0.5) is 4.79 Å². The number of carbonyl (C=O) groups is 1. The number of carbonyl (C=O) groups excluding carboxylic acids is 1. The lowest BCUT2D eigenvalue weighted by Gasteiger charge is -2.05. The number of nitrogens with zero attached hydrogens (tertiary/aromatic N) is 2. The fraction of sp³-hybridized carbons (Fsp3) is 0.0667. The van der Waals surface area contributed by atoms with Crippen molar-refractivity contribution in [3.63, 3.8) is 0 Å². The summed E-state index contributed by atoms with van der Waals surface area (Å²) in [5.74, 6) is 0. The summed E-state index contributed by atoms with van der Waals surface area (Å²) in [6.45, 7) is 0. The van der Waals surface area contributed by atoms with Gasteiger partial charge in [0.25, 0.3) is 0 Å². The van der Waals surface area contributed by atoms with Crippen LogP contribution in [0.1, 0.15) is 0 Å². The van der Waals surface area contributed by atoms with Gasteiger partial charge in [0.05, 0.1) is 16.3 Å². The maximum Gasteiger partial charge on any atom is 0.431 e. The highest BCUT2D eigenvalue weighted by atomic mass is 32.2. The molecule has 3 rings (SSSR count). The van der Waals surface area contributed by atoms with E-state index in [0.29, 0.717) is 15.9 Å². The molecule has 1 N–H and O–H groups in total. The van der Waals surface area contributed by atoms with Crippen molar-refractivity contribution in [2.45, 2.75) is 9.79 Å². The average molecular weight is 315 g/mol. The van der Waals surface area contributed by atoms with Gasteiger partial charge >= 0.3 is 6.09 Å². The molecule has 0 saturated heterocycles. The summed E-state index contributed by atoms with van der Waals surface area (Å²) in [4.78, 5) is 21.8. The molecule has 1 aromatic heterocycles. The second-order valence-corrected chi connectivity index (χ2v) is 5.91. The Kier molecular flexibility index (Phi) is 3.88. The molecule has 1 unspecified atom stereocenters. The van der Waals surface area contributed by atoms with Crippen LogP contribution in [0, 0.1) is 0 Å².